The Hall–Kier alpha value is -2.67. The lowest BCUT2D eigenvalue weighted by molar-refractivity contribution is -0.119. The molecule has 0 bridgehead atoms. The highest BCUT2D eigenvalue weighted by Crippen LogP contribution is 2.25. The third-order valence-corrected chi connectivity index (χ3v) is 6.17. The molecule has 1 unspecified atom stereocenters. The van der Waals surface area contributed by atoms with Crippen molar-refractivity contribution in [2.24, 2.45) is 0 Å². The van der Waals surface area contributed by atoms with Gasteiger partial charge in [0.15, 0.2) is 0 Å². The molecular weight excluding hydrogens is 408 g/mol. The number of nitrogens with one attached hydrogen (secondary N) is 1. The molecule has 0 spiro atoms. The minimum absolute atomic E-state index is 0. The van der Waals surface area contributed by atoms with E-state index in [1.807, 2.05) is 72.9 Å². The maximum absolute atomic E-state index is 12.7. The third-order valence-electron chi connectivity index (χ3n) is 4.95. The van der Waals surface area contributed by atoms with E-state index in [-0.39, 0.29) is 5.48 Å². The van der Waals surface area contributed by atoms with Crippen LogP contribution in [0.4, 0.5) is 0 Å². The van der Waals surface area contributed by atoms with Crippen molar-refractivity contribution in [2.45, 2.75) is 43.4 Å². The first-order chi connectivity index (χ1) is 14.7. The van der Waals surface area contributed by atoms with E-state index in [0.29, 0.717) is 25.2 Å². The molecule has 2 aromatic carbocycles. The van der Waals surface area contributed by atoms with E-state index in [2.05, 4.69) is 9.71 Å². The lowest BCUT2D eigenvalue weighted by Gasteiger charge is -2.10. The average Bonchev–Trinajstić information content (AvgIpc) is 2.81. The monoisotopic (exact) mass is 438 g/mol. The molecule has 0 saturated heterocycles. The first-order valence-electron chi connectivity index (χ1n) is 10.4. The zero-order valence-electron chi connectivity index (χ0n) is 17.6. The van der Waals surface area contributed by atoms with E-state index in [4.69, 9.17) is 0 Å². The van der Waals surface area contributed by atoms with Crippen molar-refractivity contribution in [3.63, 3.8) is 0 Å². The van der Waals surface area contributed by atoms with Crippen molar-refractivity contribution >= 4 is 16.8 Å². The predicted molar refractivity (Wildman–Crippen MR) is 126 cm³/mol. The van der Waals surface area contributed by atoms with Gasteiger partial charge in [0.25, 0.3) is 0 Å². The molecule has 0 saturated carbocycles. The summed E-state index contributed by atoms with van der Waals surface area (Å²) < 4.78 is 15.9. The molecular formula is C25H30N2O3S. The maximum atomic E-state index is 12.7. The molecule has 0 radical (unpaired) electrons. The Kier molecular flexibility index (Phi) is 10.8. The van der Waals surface area contributed by atoms with Gasteiger partial charge in [-0.05, 0) is 48.1 Å². The van der Waals surface area contributed by atoms with Crippen LogP contribution in [0.3, 0.4) is 0 Å². The fourth-order valence-electron chi connectivity index (χ4n) is 3.31. The number of benzene rings is 2. The molecule has 0 amide bonds. The predicted octanol–water partition coefficient (Wildman–Crippen LogP) is 4.30. The number of pyridine rings is 1. The van der Waals surface area contributed by atoms with Crippen LogP contribution < -0.4 is 4.72 Å². The van der Waals surface area contributed by atoms with Crippen LogP contribution in [0.5, 0.6) is 0 Å². The standard InChI is InChI=1S/C25H28N2O2S.H2O/c28-23(17-16-21-10-9-18-26-20-21)13-5-2-8-19-27-30(29)25-15-7-6-14-24(25)22-11-3-1-4-12-22;/h1,3-4,6-7,9-12,14-15,18,20,27H,2,5,8,13,16-17,19H2;1H2. The van der Waals surface area contributed by atoms with Gasteiger partial charge in [-0.3, -0.25) is 9.78 Å². The Bertz CT molecular complexity index is 949. The van der Waals surface area contributed by atoms with Crippen molar-refractivity contribution in [1.29, 1.82) is 0 Å². The summed E-state index contributed by atoms with van der Waals surface area (Å²) in [5.74, 6) is 0.298. The second-order valence-corrected chi connectivity index (χ2v) is 8.50. The summed E-state index contributed by atoms with van der Waals surface area (Å²) in [6.45, 7) is 0.666. The van der Waals surface area contributed by atoms with E-state index in [9.17, 15) is 9.00 Å². The Morgan fingerprint density at radius 3 is 2.42 bits per heavy atom. The van der Waals surface area contributed by atoms with Gasteiger partial charge in [0.1, 0.15) is 16.8 Å². The van der Waals surface area contributed by atoms with Crippen LogP contribution >= 0.6 is 0 Å². The highest BCUT2D eigenvalue weighted by atomic mass is 32.2. The van der Waals surface area contributed by atoms with Crippen LogP contribution in [0.25, 0.3) is 11.1 Å². The molecule has 0 aliphatic heterocycles. The number of aryl methyl sites for hydroxylation is 1. The molecule has 31 heavy (non-hydrogen) atoms. The second-order valence-electron chi connectivity index (χ2n) is 7.24. The quantitative estimate of drug-likeness (QED) is 0.428. The summed E-state index contributed by atoms with van der Waals surface area (Å²) in [5.41, 5.74) is 3.16. The second kappa shape index (κ2) is 13.6. The smallest absolute Gasteiger partial charge is 0.133 e. The van der Waals surface area contributed by atoms with E-state index in [1.54, 1.807) is 6.20 Å². The first kappa shape index (κ1) is 24.6. The van der Waals surface area contributed by atoms with E-state index >= 15 is 0 Å². The van der Waals surface area contributed by atoms with E-state index in [0.717, 1.165) is 47.3 Å². The molecule has 0 aliphatic rings. The van der Waals surface area contributed by atoms with Crippen LogP contribution in [0.1, 0.15) is 37.7 Å². The van der Waals surface area contributed by atoms with Gasteiger partial charge in [-0.2, -0.15) is 0 Å². The number of carbonyl (C=O) groups excluding carboxylic acids is 1. The summed E-state index contributed by atoms with van der Waals surface area (Å²) in [6, 6.07) is 21.7. The Morgan fingerprint density at radius 1 is 0.871 bits per heavy atom. The summed E-state index contributed by atoms with van der Waals surface area (Å²) >= 11 is 0. The Balaban J connectivity index is 0.00000341. The molecule has 0 aliphatic carbocycles. The molecule has 1 heterocycles. The van der Waals surface area contributed by atoms with Gasteiger partial charge in [0.2, 0.25) is 0 Å². The van der Waals surface area contributed by atoms with Gasteiger partial charge >= 0.3 is 0 Å². The molecule has 6 heteroatoms. The third kappa shape index (κ3) is 8.17. The number of unbranched alkanes of at least 4 members (excludes halogenated alkanes) is 2. The zero-order chi connectivity index (χ0) is 21.0. The van der Waals surface area contributed by atoms with Crippen molar-refractivity contribution < 1.29 is 14.5 Å². The number of carbonyl (C=O) groups is 1. The minimum atomic E-state index is -1.26. The lowest BCUT2D eigenvalue weighted by Crippen LogP contribution is -2.19. The normalized spacial score (nSPS) is 11.5. The van der Waals surface area contributed by atoms with Crippen LogP contribution in [0.2, 0.25) is 0 Å². The van der Waals surface area contributed by atoms with Crippen molar-refractivity contribution in [2.75, 3.05) is 6.54 Å². The largest absolute Gasteiger partial charge is 0.412 e. The van der Waals surface area contributed by atoms with Crippen LogP contribution in [0, 0.1) is 0 Å². The van der Waals surface area contributed by atoms with Crippen molar-refractivity contribution in [3.8, 4) is 11.1 Å². The SMILES string of the molecule is O.O=C(CCCCCNS(=O)c1ccccc1-c1ccccc1)CCc1cccnc1. The number of hydrogen-bond acceptors (Lipinski definition) is 3. The number of hydrogen-bond donors (Lipinski definition) is 1. The first-order valence-corrected chi connectivity index (χ1v) is 11.6. The molecule has 0 fully saturated rings. The van der Waals surface area contributed by atoms with Gasteiger partial charge in [-0.15, -0.1) is 0 Å². The Morgan fingerprint density at radius 2 is 1.65 bits per heavy atom. The average molecular weight is 439 g/mol. The van der Waals surface area contributed by atoms with E-state index in [1.165, 1.54) is 0 Å². The molecule has 3 aromatic rings. The van der Waals surface area contributed by atoms with Crippen LogP contribution in [-0.4, -0.2) is 27.0 Å². The van der Waals surface area contributed by atoms with Gasteiger partial charge in [0.05, 0.1) is 4.90 Å². The summed E-state index contributed by atoms with van der Waals surface area (Å²) in [7, 11) is -1.26. The highest BCUT2D eigenvalue weighted by Gasteiger charge is 2.10. The zero-order valence-corrected chi connectivity index (χ0v) is 18.4. The fraction of sp³-hybridized carbons (Fsp3) is 0.280. The number of rotatable bonds is 12. The summed E-state index contributed by atoms with van der Waals surface area (Å²) in [4.78, 5) is 16.9. The van der Waals surface area contributed by atoms with E-state index < -0.39 is 11.0 Å². The molecule has 1 atom stereocenters. The van der Waals surface area contributed by atoms with Crippen molar-refractivity contribution in [3.05, 3.63) is 84.7 Å². The molecule has 1 aromatic heterocycles. The van der Waals surface area contributed by atoms with Crippen LogP contribution in [-0.2, 0) is 22.2 Å². The minimum Gasteiger partial charge on any atom is -0.412 e. The van der Waals surface area contributed by atoms with Gasteiger partial charge in [0, 0.05) is 31.8 Å². The number of aromatic nitrogens is 1. The Labute approximate surface area is 186 Å². The van der Waals surface area contributed by atoms with Crippen LogP contribution in [0.15, 0.2) is 84.0 Å². The maximum Gasteiger partial charge on any atom is 0.133 e. The summed E-state index contributed by atoms with van der Waals surface area (Å²) in [6.07, 6.45) is 8.22. The fourth-order valence-corrected chi connectivity index (χ4v) is 4.38. The molecule has 3 rings (SSSR count). The van der Waals surface area contributed by atoms with Gasteiger partial charge in [-0.1, -0.05) is 61.0 Å². The molecule has 3 N–H and O–H groups in total. The summed E-state index contributed by atoms with van der Waals surface area (Å²) in [5, 5.41) is 0. The van der Waals surface area contributed by atoms with Gasteiger partial charge in [-0.25, -0.2) is 8.93 Å². The number of ketones is 1. The molecule has 5 nitrogen and oxygen atoms in total. The number of nitrogens with zero attached hydrogens (tertiary/aromatic N) is 1. The number of Topliss-reactive ketones (excluding diaryl/α,β-unsaturated/α-hetero) is 1. The van der Waals surface area contributed by atoms with Crippen molar-refractivity contribution in [1.82, 2.24) is 9.71 Å². The molecule has 164 valence electrons. The lowest BCUT2D eigenvalue weighted by atomic mass is 10.0. The highest BCUT2D eigenvalue weighted by molar-refractivity contribution is 7.83. The topological polar surface area (TPSA) is 90.6 Å². The van der Waals surface area contributed by atoms with Gasteiger partial charge < -0.3 is 5.48 Å².